The van der Waals surface area contributed by atoms with Gasteiger partial charge in [-0.15, -0.1) is 0 Å². The number of carbonyl (C=O) groups is 1. The zero-order chi connectivity index (χ0) is 23.7. The van der Waals surface area contributed by atoms with E-state index in [9.17, 15) is 18.0 Å². The minimum absolute atomic E-state index is 0.310. The predicted molar refractivity (Wildman–Crippen MR) is 123 cm³/mol. The van der Waals surface area contributed by atoms with Crippen LogP contribution in [0.2, 0.25) is 0 Å². The van der Waals surface area contributed by atoms with Crippen LogP contribution in [-0.2, 0) is 16.8 Å². The number of amides is 1. The van der Waals surface area contributed by atoms with Crippen molar-refractivity contribution in [1.29, 1.82) is 0 Å². The molecule has 1 aliphatic heterocycles. The molecule has 5 rings (SSSR count). The van der Waals surface area contributed by atoms with Crippen molar-refractivity contribution in [3.63, 3.8) is 0 Å². The number of carbonyl (C=O) groups excluding carboxylic acids is 1. The highest BCUT2D eigenvalue weighted by Crippen LogP contribution is 2.33. The highest BCUT2D eigenvalue weighted by atomic mass is 32.2. The molecule has 34 heavy (non-hydrogen) atoms. The molecule has 11 heteroatoms. The van der Waals surface area contributed by atoms with Crippen molar-refractivity contribution in [3.8, 4) is 11.3 Å². The fourth-order valence-electron chi connectivity index (χ4n) is 3.78. The number of hydrogen-bond donors (Lipinski definition) is 1. The summed E-state index contributed by atoms with van der Waals surface area (Å²) < 4.78 is 46.4. The average molecular weight is 489 g/mol. The van der Waals surface area contributed by atoms with Crippen molar-refractivity contribution in [2.45, 2.75) is 12.1 Å². The molecule has 0 aliphatic carbocycles. The molecular formula is C23H21F3N5O2S+. The Morgan fingerprint density at radius 3 is 2.79 bits per heavy atom. The van der Waals surface area contributed by atoms with Crippen LogP contribution in [0.25, 0.3) is 16.9 Å². The molecule has 3 aromatic heterocycles. The van der Waals surface area contributed by atoms with Crippen LogP contribution >= 0.6 is 10.5 Å². The molecule has 4 heterocycles. The Labute approximate surface area is 195 Å². The summed E-state index contributed by atoms with van der Waals surface area (Å²) in [5.74, 6) is 0.389. The van der Waals surface area contributed by atoms with Crippen molar-refractivity contribution in [2.75, 3.05) is 31.6 Å². The van der Waals surface area contributed by atoms with Gasteiger partial charge in [0, 0.05) is 41.5 Å². The average Bonchev–Trinajstić information content (AvgIpc) is 3.46. The first-order valence-corrected chi connectivity index (χ1v) is 12.1. The van der Waals surface area contributed by atoms with E-state index in [-0.39, 0.29) is 16.4 Å². The third-order valence-electron chi connectivity index (χ3n) is 5.52. The molecule has 1 saturated heterocycles. The molecule has 1 fully saturated rings. The number of morpholine rings is 1. The number of benzene rings is 1. The Hall–Kier alpha value is -3.28. The molecule has 0 radical (unpaired) electrons. The minimum atomic E-state index is -4.45. The third-order valence-corrected chi connectivity index (χ3v) is 7.32. The molecular weight excluding hydrogens is 467 g/mol. The molecule has 0 bridgehead atoms. The lowest BCUT2D eigenvalue weighted by atomic mass is 10.1. The largest absolute Gasteiger partial charge is 0.416 e. The zero-order valence-corrected chi connectivity index (χ0v) is 18.8. The number of nitrogens with one attached hydrogen (secondary N) is 1. The number of fused-ring (bicyclic) bond motifs is 1. The number of halogens is 3. The molecule has 176 valence electrons. The van der Waals surface area contributed by atoms with Crippen LogP contribution in [0.4, 0.5) is 18.3 Å². The Morgan fingerprint density at radius 1 is 1.18 bits per heavy atom. The number of thiazole rings is 1. The van der Waals surface area contributed by atoms with Gasteiger partial charge < -0.3 is 9.14 Å². The van der Waals surface area contributed by atoms with Gasteiger partial charge in [0.1, 0.15) is 5.65 Å². The molecule has 0 saturated carbocycles. The van der Waals surface area contributed by atoms with Gasteiger partial charge in [-0.1, -0.05) is 12.1 Å². The van der Waals surface area contributed by atoms with Crippen LogP contribution in [0, 0.1) is 0 Å². The van der Waals surface area contributed by atoms with Gasteiger partial charge in [-0.25, -0.2) is 4.98 Å². The number of rotatable bonds is 5. The smallest absolute Gasteiger partial charge is 0.379 e. The Kier molecular flexibility index (Phi) is 6.07. The summed E-state index contributed by atoms with van der Waals surface area (Å²) in [6.45, 7) is 3.06. The molecule has 1 amide bonds. The first-order valence-electron chi connectivity index (χ1n) is 10.6. The first-order chi connectivity index (χ1) is 16.4. The lowest BCUT2D eigenvalue weighted by Crippen LogP contribution is -2.34. The number of imidazole rings is 1. The van der Waals surface area contributed by atoms with Gasteiger partial charge in [0.25, 0.3) is 5.91 Å². The fraction of sp³-hybridized carbons (Fsp3) is 0.261. The number of aromatic nitrogens is 3. The van der Waals surface area contributed by atoms with Crippen molar-refractivity contribution in [1.82, 2.24) is 19.3 Å². The fourth-order valence-corrected chi connectivity index (χ4v) is 5.40. The van der Waals surface area contributed by atoms with Crippen molar-refractivity contribution in [2.24, 2.45) is 0 Å². The molecule has 1 unspecified atom stereocenters. The second-order valence-electron chi connectivity index (χ2n) is 7.82. The lowest BCUT2D eigenvalue weighted by molar-refractivity contribution is -0.137. The van der Waals surface area contributed by atoms with Crippen molar-refractivity contribution < 1.29 is 22.7 Å². The van der Waals surface area contributed by atoms with E-state index in [2.05, 4.69) is 20.2 Å². The molecule has 1 aliphatic rings. The Balaban J connectivity index is 1.40. The maximum atomic E-state index is 13.1. The maximum absolute atomic E-state index is 13.1. The number of hydrogen-bond acceptors (Lipinski definition) is 5. The summed E-state index contributed by atoms with van der Waals surface area (Å²) in [5, 5.41) is 5.47. The highest BCUT2D eigenvalue weighted by Gasteiger charge is 2.31. The summed E-state index contributed by atoms with van der Waals surface area (Å²) in [6, 6.07) is 8.31. The summed E-state index contributed by atoms with van der Waals surface area (Å²) in [7, 11) is -0.352. The van der Waals surface area contributed by atoms with Gasteiger partial charge >= 0.3 is 11.3 Å². The predicted octanol–water partition coefficient (Wildman–Crippen LogP) is 4.71. The summed E-state index contributed by atoms with van der Waals surface area (Å²) in [6.07, 6.45) is 0.558. The Bertz CT molecular complexity index is 1330. The normalized spacial score (nSPS) is 15.6. The quantitative estimate of drug-likeness (QED) is 0.412. The number of nitrogens with zero attached hydrogens (tertiary/aromatic N) is 4. The first kappa shape index (κ1) is 22.5. The van der Waals surface area contributed by atoms with Crippen LogP contribution in [0.15, 0.2) is 60.4 Å². The molecule has 1 atom stereocenters. The van der Waals surface area contributed by atoms with E-state index in [1.165, 1.54) is 6.07 Å². The standard InChI is InChI=1S/C23H20F3N5O2S/c24-23(25,26)17-4-1-3-16(13-17)19-14-31-7-2-5-18(20(31)28-19)21(32)29-22-27-6-12-34(22)15-30-8-10-33-11-9-30/h1-7,12-14H,8-11,15H2/p+1. The van der Waals surface area contributed by atoms with Crippen LogP contribution in [0.1, 0.15) is 15.9 Å². The monoisotopic (exact) mass is 488 g/mol. The van der Waals surface area contributed by atoms with E-state index in [1.807, 2.05) is 5.38 Å². The Morgan fingerprint density at radius 2 is 2.00 bits per heavy atom. The minimum Gasteiger partial charge on any atom is -0.379 e. The number of anilines is 1. The number of alkyl halides is 3. The molecule has 4 aromatic rings. The second-order valence-corrected chi connectivity index (χ2v) is 9.59. The summed E-state index contributed by atoms with van der Waals surface area (Å²) in [5.41, 5.74) is 0.580. The van der Waals surface area contributed by atoms with Crippen LogP contribution < -0.4 is 5.32 Å². The topological polar surface area (TPSA) is 71.8 Å². The summed E-state index contributed by atoms with van der Waals surface area (Å²) in [4.78, 5) is 24.2. The van der Waals surface area contributed by atoms with Crippen LogP contribution in [0.5, 0.6) is 0 Å². The van der Waals surface area contributed by atoms with E-state index < -0.39 is 11.7 Å². The van der Waals surface area contributed by atoms with E-state index in [1.54, 1.807) is 41.2 Å². The van der Waals surface area contributed by atoms with Gasteiger partial charge in [-0.3, -0.25) is 15.0 Å². The number of ether oxygens (including phenoxy) is 1. The second kappa shape index (κ2) is 9.16. The van der Waals surface area contributed by atoms with Crippen LogP contribution in [0.3, 0.4) is 0 Å². The SMILES string of the molecule is O=C(Nc1ncc[s+]1CN1CCOCC1)c1cccn2cc(-c3cccc(C(F)(F)F)c3)nc12. The summed E-state index contributed by atoms with van der Waals surface area (Å²) >= 11 is 0. The lowest BCUT2D eigenvalue weighted by Gasteiger charge is -2.23. The van der Waals surface area contributed by atoms with Crippen molar-refractivity contribution >= 4 is 27.2 Å². The molecule has 7 nitrogen and oxygen atoms in total. The van der Waals surface area contributed by atoms with Crippen LogP contribution in [-0.4, -0.2) is 51.5 Å². The van der Waals surface area contributed by atoms with Gasteiger partial charge in [0.2, 0.25) is 0 Å². The third kappa shape index (κ3) is 4.67. The highest BCUT2D eigenvalue weighted by molar-refractivity contribution is 7.32. The van der Waals surface area contributed by atoms with Gasteiger partial charge in [-0.2, -0.15) is 18.2 Å². The molecule has 1 N–H and O–H groups in total. The van der Waals surface area contributed by atoms with E-state index in [0.717, 1.165) is 31.1 Å². The van der Waals surface area contributed by atoms with Gasteiger partial charge in [0.05, 0.1) is 36.2 Å². The number of pyridine rings is 1. The van der Waals surface area contributed by atoms with E-state index in [0.29, 0.717) is 40.8 Å². The zero-order valence-electron chi connectivity index (χ0n) is 18.0. The van der Waals surface area contributed by atoms with E-state index in [4.69, 9.17) is 4.74 Å². The maximum Gasteiger partial charge on any atom is 0.416 e. The van der Waals surface area contributed by atoms with Gasteiger partial charge in [-0.05, 0) is 24.3 Å². The van der Waals surface area contributed by atoms with Gasteiger partial charge in [0.15, 0.2) is 11.3 Å². The molecule has 1 aromatic carbocycles. The van der Waals surface area contributed by atoms with Crippen molar-refractivity contribution in [3.05, 3.63) is 71.5 Å². The van der Waals surface area contributed by atoms with E-state index >= 15 is 0 Å². The molecule has 0 spiro atoms.